The van der Waals surface area contributed by atoms with E-state index in [1.807, 2.05) is 0 Å². The Bertz CT molecular complexity index is 3090. The van der Waals surface area contributed by atoms with Gasteiger partial charge in [-0.05, 0) is 108 Å². The van der Waals surface area contributed by atoms with Crippen LogP contribution in [0.15, 0.2) is 200 Å². The summed E-state index contributed by atoms with van der Waals surface area (Å²) in [7, 11) is 0. The van der Waals surface area contributed by atoms with Gasteiger partial charge in [-0.3, -0.25) is 0 Å². The average molecular weight is 684 g/mol. The summed E-state index contributed by atoms with van der Waals surface area (Å²) >= 11 is 0. The first-order valence-electron chi connectivity index (χ1n) is 18.6. The molecule has 0 bridgehead atoms. The minimum atomic E-state index is 1.04. The van der Waals surface area contributed by atoms with Crippen LogP contribution in [0.4, 0.5) is 0 Å². The van der Waals surface area contributed by atoms with E-state index < -0.39 is 0 Å². The molecule has 11 rings (SSSR count). The minimum absolute atomic E-state index is 1.04. The van der Waals surface area contributed by atoms with Gasteiger partial charge in [0.1, 0.15) is 0 Å². The van der Waals surface area contributed by atoms with Crippen LogP contribution in [0.25, 0.3) is 109 Å². The van der Waals surface area contributed by atoms with Crippen LogP contribution < -0.4 is 0 Å². The molecule has 0 unspecified atom stereocenters. The van der Waals surface area contributed by atoms with E-state index in [0.29, 0.717) is 0 Å². The third kappa shape index (κ3) is 5.05. The molecule has 11 aromatic rings. The zero-order valence-electron chi connectivity index (χ0n) is 29.5. The van der Waals surface area contributed by atoms with Gasteiger partial charge >= 0.3 is 0 Å². The molecule has 0 N–H and O–H groups in total. The van der Waals surface area contributed by atoms with Crippen LogP contribution in [0, 0.1) is 0 Å². The largest absolute Gasteiger partial charge is 0.246 e. The van der Waals surface area contributed by atoms with E-state index in [1.165, 1.54) is 87.6 Å². The van der Waals surface area contributed by atoms with E-state index >= 15 is 0 Å². The van der Waals surface area contributed by atoms with E-state index in [4.69, 9.17) is 4.98 Å². The summed E-state index contributed by atoms with van der Waals surface area (Å²) in [5.74, 6) is 0. The Morgan fingerprint density at radius 1 is 0.222 bits per heavy atom. The van der Waals surface area contributed by atoms with Crippen molar-refractivity contribution < 1.29 is 0 Å². The van der Waals surface area contributed by atoms with Crippen LogP contribution in [0.2, 0.25) is 0 Å². The second-order valence-electron chi connectivity index (χ2n) is 14.4. The molecule has 0 atom stereocenters. The molecule has 0 saturated heterocycles. The van der Waals surface area contributed by atoms with Crippen molar-refractivity contribution in [2.24, 2.45) is 0 Å². The maximum Gasteiger partial charge on any atom is 0.0794 e. The molecular weight excluding hydrogens is 651 g/mol. The maximum atomic E-state index is 5.43. The van der Waals surface area contributed by atoms with Crippen molar-refractivity contribution in [2.75, 3.05) is 0 Å². The monoisotopic (exact) mass is 683 g/mol. The summed E-state index contributed by atoms with van der Waals surface area (Å²) in [4.78, 5) is 5.43. The van der Waals surface area contributed by atoms with Gasteiger partial charge in [0, 0.05) is 27.1 Å². The van der Waals surface area contributed by atoms with Crippen LogP contribution in [0.3, 0.4) is 0 Å². The smallest absolute Gasteiger partial charge is 0.0794 e. The topological polar surface area (TPSA) is 12.9 Å². The van der Waals surface area contributed by atoms with E-state index in [2.05, 4.69) is 200 Å². The number of hydrogen-bond acceptors (Lipinski definition) is 1. The SMILES string of the molecule is c1cc(-c2cc(-c3ccc4ccccc4c3)cc(-c3ccc4ccccc4c3)c2)cc(-c2c3ccc4ccccc4c3nc3c2ccc2ccccc23)c1. The van der Waals surface area contributed by atoms with Crippen LogP contribution >= 0.6 is 0 Å². The van der Waals surface area contributed by atoms with Crippen molar-refractivity contribution in [1.29, 1.82) is 0 Å². The van der Waals surface area contributed by atoms with Gasteiger partial charge in [-0.1, -0.05) is 164 Å². The number of pyridine rings is 1. The molecule has 1 heterocycles. The second kappa shape index (κ2) is 12.3. The number of rotatable bonds is 4. The Labute approximate surface area is 313 Å². The maximum absolute atomic E-state index is 5.43. The highest BCUT2D eigenvalue weighted by atomic mass is 14.7. The van der Waals surface area contributed by atoms with E-state index in [9.17, 15) is 0 Å². The Morgan fingerprint density at radius 2 is 0.611 bits per heavy atom. The van der Waals surface area contributed by atoms with Gasteiger partial charge in [0.2, 0.25) is 0 Å². The molecule has 250 valence electrons. The summed E-state index contributed by atoms with van der Waals surface area (Å²) in [5, 5.41) is 12.0. The van der Waals surface area contributed by atoms with Gasteiger partial charge < -0.3 is 0 Å². The summed E-state index contributed by atoms with van der Waals surface area (Å²) in [6.45, 7) is 0. The Kier molecular flexibility index (Phi) is 6.93. The van der Waals surface area contributed by atoms with Gasteiger partial charge in [0.15, 0.2) is 0 Å². The molecular formula is C53H33N. The Hall–Kier alpha value is -7.09. The molecule has 10 aromatic carbocycles. The van der Waals surface area contributed by atoms with Gasteiger partial charge in [0.25, 0.3) is 0 Å². The fraction of sp³-hybridized carbons (Fsp3) is 0. The lowest BCUT2D eigenvalue weighted by Gasteiger charge is -2.16. The lowest BCUT2D eigenvalue weighted by atomic mass is 9.89. The minimum Gasteiger partial charge on any atom is -0.246 e. The number of fused-ring (bicyclic) bond motifs is 8. The van der Waals surface area contributed by atoms with Crippen LogP contribution in [0.5, 0.6) is 0 Å². The molecule has 0 saturated carbocycles. The van der Waals surface area contributed by atoms with Crippen molar-refractivity contribution in [1.82, 2.24) is 4.98 Å². The van der Waals surface area contributed by atoms with Crippen molar-refractivity contribution in [3.8, 4) is 44.5 Å². The first-order chi connectivity index (χ1) is 26.7. The molecule has 1 nitrogen and oxygen atoms in total. The molecule has 0 amide bonds. The van der Waals surface area contributed by atoms with E-state index in [1.54, 1.807) is 0 Å². The zero-order valence-corrected chi connectivity index (χ0v) is 29.5. The summed E-state index contributed by atoms with van der Waals surface area (Å²) < 4.78 is 0. The normalized spacial score (nSPS) is 11.7. The highest BCUT2D eigenvalue weighted by molar-refractivity contribution is 6.21. The fourth-order valence-electron chi connectivity index (χ4n) is 8.44. The predicted octanol–water partition coefficient (Wildman–Crippen LogP) is 14.7. The Morgan fingerprint density at radius 3 is 1.13 bits per heavy atom. The second-order valence-corrected chi connectivity index (χ2v) is 14.4. The molecule has 0 aliphatic rings. The first-order valence-corrected chi connectivity index (χ1v) is 18.6. The van der Waals surface area contributed by atoms with Crippen molar-refractivity contribution in [3.63, 3.8) is 0 Å². The number of hydrogen-bond donors (Lipinski definition) is 0. The first kappa shape index (κ1) is 30.5. The van der Waals surface area contributed by atoms with Crippen LogP contribution in [-0.4, -0.2) is 4.98 Å². The molecule has 0 aliphatic carbocycles. The Balaban J connectivity index is 1.15. The summed E-state index contributed by atoms with van der Waals surface area (Å²) in [6.07, 6.45) is 0. The highest BCUT2D eigenvalue weighted by Crippen LogP contribution is 2.42. The quantitative estimate of drug-likeness (QED) is 0.133. The van der Waals surface area contributed by atoms with E-state index in [0.717, 1.165) is 21.8 Å². The molecule has 0 aliphatic heterocycles. The standard InChI is InChI=1S/C53H33N/c1-3-14-38-28-41(22-20-34(38)10-1)45-31-44(32-46(33-45)42-23-21-35-11-2-4-15-39(35)29-42)40-16-9-17-43(30-40)51-49-26-24-36-12-5-7-18-47(36)52(49)54-53-48-19-8-6-13-37(48)25-27-50(51)53/h1-33H. The van der Waals surface area contributed by atoms with Gasteiger partial charge in [-0.15, -0.1) is 0 Å². The zero-order chi connectivity index (χ0) is 35.6. The summed E-state index contributed by atoms with van der Waals surface area (Å²) in [6, 6.07) is 73.2. The number of benzene rings is 10. The van der Waals surface area contributed by atoms with Crippen LogP contribution in [0.1, 0.15) is 0 Å². The van der Waals surface area contributed by atoms with Crippen molar-refractivity contribution in [2.45, 2.75) is 0 Å². The molecule has 0 radical (unpaired) electrons. The lowest BCUT2D eigenvalue weighted by molar-refractivity contribution is 1.53. The predicted molar refractivity (Wildman–Crippen MR) is 231 cm³/mol. The average Bonchev–Trinajstić information content (AvgIpc) is 3.25. The fourth-order valence-corrected chi connectivity index (χ4v) is 8.44. The molecule has 1 aromatic heterocycles. The van der Waals surface area contributed by atoms with Gasteiger partial charge in [-0.25, -0.2) is 4.98 Å². The van der Waals surface area contributed by atoms with Gasteiger partial charge in [-0.2, -0.15) is 0 Å². The molecule has 1 heteroatoms. The summed E-state index contributed by atoms with van der Waals surface area (Å²) in [5.41, 5.74) is 11.6. The van der Waals surface area contributed by atoms with Crippen molar-refractivity contribution >= 4 is 64.9 Å². The van der Waals surface area contributed by atoms with Gasteiger partial charge in [0.05, 0.1) is 11.0 Å². The lowest BCUT2D eigenvalue weighted by Crippen LogP contribution is -1.92. The van der Waals surface area contributed by atoms with Crippen LogP contribution in [-0.2, 0) is 0 Å². The van der Waals surface area contributed by atoms with E-state index in [-0.39, 0.29) is 0 Å². The molecule has 0 spiro atoms. The van der Waals surface area contributed by atoms with Crippen molar-refractivity contribution in [3.05, 3.63) is 200 Å². The number of nitrogens with zero attached hydrogens (tertiary/aromatic N) is 1. The number of aromatic nitrogens is 1. The molecule has 0 fully saturated rings. The third-order valence-corrected chi connectivity index (χ3v) is 11.1. The molecule has 54 heavy (non-hydrogen) atoms. The highest BCUT2D eigenvalue weighted by Gasteiger charge is 2.17. The third-order valence-electron chi connectivity index (χ3n) is 11.1.